The lowest BCUT2D eigenvalue weighted by molar-refractivity contribution is 0.0729. The quantitative estimate of drug-likeness (QED) is 0.492. The number of aromatic hydroxyl groups is 1. The Hall–Kier alpha value is -2.44. The van der Waals surface area contributed by atoms with E-state index in [9.17, 15) is 15.0 Å². The number of benzene rings is 1. The van der Waals surface area contributed by atoms with Gasteiger partial charge in [0.25, 0.3) is 0 Å². The van der Waals surface area contributed by atoms with Gasteiger partial charge in [0, 0.05) is 35.3 Å². The van der Waals surface area contributed by atoms with Crippen LogP contribution in [0, 0.1) is 5.92 Å². The lowest BCUT2D eigenvalue weighted by atomic mass is 10.2. The zero-order valence-corrected chi connectivity index (χ0v) is 13.9. The largest absolute Gasteiger partial charge is 0.504 e. The number of esters is 1. The molecule has 1 aromatic heterocycles. The summed E-state index contributed by atoms with van der Waals surface area (Å²) >= 11 is 5.99. The highest BCUT2D eigenvalue weighted by Gasteiger charge is 2.15. The van der Waals surface area contributed by atoms with Gasteiger partial charge in [-0.1, -0.05) is 25.4 Å². The minimum Gasteiger partial charge on any atom is -0.504 e. The van der Waals surface area contributed by atoms with Gasteiger partial charge in [0.1, 0.15) is 6.23 Å². The number of hydrogen-bond donors (Lipinski definition) is 2. The van der Waals surface area contributed by atoms with Gasteiger partial charge in [0.15, 0.2) is 11.5 Å². The van der Waals surface area contributed by atoms with Crippen molar-refractivity contribution in [2.75, 3.05) is 0 Å². The Morgan fingerprint density at radius 2 is 2.17 bits per heavy atom. The molecule has 0 saturated carbocycles. The number of phenolic OH excluding ortho intramolecular Hbond substituents is 1. The van der Waals surface area contributed by atoms with Gasteiger partial charge in [0.2, 0.25) is 0 Å². The van der Waals surface area contributed by atoms with Crippen LogP contribution in [0.2, 0.25) is 5.02 Å². The molecule has 24 heavy (non-hydrogen) atoms. The summed E-state index contributed by atoms with van der Waals surface area (Å²) in [6.07, 6.45) is 3.26. The van der Waals surface area contributed by atoms with Crippen LogP contribution in [0.5, 0.6) is 11.5 Å². The van der Waals surface area contributed by atoms with Gasteiger partial charge >= 0.3 is 5.97 Å². The summed E-state index contributed by atoms with van der Waals surface area (Å²) in [4.78, 5) is 19.8. The molecule has 7 heteroatoms. The zero-order valence-electron chi connectivity index (χ0n) is 13.2. The van der Waals surface area contributed by atoms with E-state index in [0.29, 0.717) is 0 Å². The van der Waals surface area contributed by atoms with Gasteiger partial charge in [-0.2, -0.15) is 0 Å². The van der Waals surface area contributed by atoms with E-state index in [1.165, 1.54) is 36.8 Å². The molecule has 2 N–H and O–H groups in total. The van der Waals surface area contributed by atoms with Crippen LogP contribution in [0.3, 0.4) is 0 Å². The van der Waals surface area contributed by atoms with Crippen molar-refractivity contribution in [1.29, 1.82) is 0 Å². The molecule has 0 bridgehead atoms. The highest BCUT2D eigenvalue weighted by Crippen LogP contribution is 2.33. The Bertz CT molecular complexity index is 748. The van der Waals surface area contributed by atoms with Gasteiger partial charge in [0.05, 0.1) is 5.56 Å². The van der Waals surface area contributed by atoms with E-state index in [-0.39, 0.29) is 33.6 Å². The number of aliphatic hydroxyl groups excluding tert-OH is 1. The molecule has 2 rings (SSSR count). The summed E-state index contributed by atoms with van der Waals surface area (Å²) < 4.78 is 5.17. The second-order valence-electron chi connectivity index (χ2n) is 5.41. The molecule has 0 aliphatic heterocycles. The van der Waals surface area contributed by atoms with Crippen LogP contribution in [-0.2, 0) is 0 Å². The number of pyridine rings is 1. The van der Waals surface area contributed by atoms with Crippen molar-refractivity contribution < 1.29 is 19.7 Å². The molecule has 0 radical (unpaired) electrons. The average Bonchev–Trinajstić information content (AvgIpc) is 2.56. The summed E-state index contributed by atoms with van der Waals surface area (Å²) in [5.74, 6) is -1.15. The molecule has 126 valence electrons. The number of carbonyl (C=O) groups is 1. The minimum atomic E-state index is -0.912. The van der Waals surface area contributed by atoms with Crippen molar-refractivity contribution in [2.24, 2.45) is 10.9 Å². The first-order valence-electron chi connectivity index (χ1n) is 7.24. The fourth-order valence-electron chi connectivity index (χ4n) is 1.74. The highest BCUT2D eigenvalue weighted by atomic mass is 35.5. The summed E-state index contributed by atoms with van der Waals surface area (Å²) in [6, 6.07) is 5.91. The van der Waals surface area contributed by atoms with Gasteiger partial charge in [-0.25, -0.2) is 4.79 Å². The van der Waals surface area contributed by atoms with Crippen LogP contribution in [0.1, 0.15) is 29.8 Å². The van der Waals surface area contributed by atoms with Crippen molar-refractivity contribution in [1.82, 2.24) is 4.98 Å². The lowest BCUT2D eigenvalue weighted by Crippen LogP contribution is -2.11. The molecule has 0 aliphatic carbocycles. The summed E-state index contributed by atoms with van der Waals surface area (Å²) in [6.45, 7) is 3.61. The number of carbonyl (C=O) groups excluding carboxylic acids is 1. The number of hydrogen-bond acceptors (Lipinski definition) is 6. The van der Waals surface area contributed by atoms with Crippen molar-refractivity contribution in [3.05, 3.63) is 52.8 Å². The van der Waals surface area contributed by atoms with Gasteiger partial charge < -0.3 is 14.9 Å². The number of rotatable bonds is 5. The third-order valence-electron chi connectivity index (χ3n) is 3.13. The molecule has 1 atom stereocenters. The molecular weight excluding hydrogens is 332 g/mol. The summed E-state index contributed by atoms with van der Waals surface area (Å²) in [5.41, 5.74) is 0.471. The first-order valence-corrected chi connectivity index (χ1v) is 7.62. The maximum atomic E-state index is 12.1. The zero-order chi connectivity index (χ0) is 17.7. The van der Waals surface area contributed by atoms with E-state index in [1.807, 2.05) is 0 Å². The molecule has 2 aromatic rings. The van der Waals surface area contributed by atoms with Crippen molar-refractivity contribution >= 4 is 23.8 Å². The van der Waals surface area contributed by atoms with Crippen LogP contribution >= 0.6 is 11.6 Å². The number of aliphatic hydroxyl groups is 1. The van der Waals surface area contributed by atoms with Crippen LogP contribution in [0.25, 0.3) is 0 Å². The smallest absolute Gasteiger partial charge is 0.345 e. The van der Waals surface area contributed by atoms with E-state index in [1.54, 1.807) is 19.9 Å². The molecule has 6 nitrogen and oxygen atoms in total. The van der Waals surface area contributed by atoms with E-state index in [4.69, 9.17) is 16.3 Å². The molecule has 1 heterocycles. The fraction of sp³-hybridized carbons (Fsp3) is 0.235. The number of aromatic nitrogens is 1. The van der Waals surface area contributed by atoms with Crippen molar-refractivity contribution in [2.45, 2.75) is 20.1 Å². The Morgan fingerprint density at radius 1 is 1.42 bits per heavy atom. The van der Waals surface area contributed by atoms with E-state index < -0.39 is 12.2 Å². The van der Waals surface area contributed by atoms with Gasteiger partial charge in [-0.3, -0.25) is 9.98 Å². The molecule has 0 fully saturated rings. The second-order valence-corrected chi connectivity index (χ2v) is 5.85. The third kappa shape index (κ3) is 4.53. The second kappa shape index (κ2) is 7.90. The topological polar surface area (TPSA) is 92.0 Å². The standard InChI is InChI=1S/C17H17ClN2O4/c1-10(2)16(22)20-9-12-6-13(18)7-14(15(12)21)24-17(23)11-4-3-5-19-8-11/h3-10,16,21-22H,1-2H3/b20-9+. The van der Waals surface area contributed by atoms with E-state index in [0.717, 1.165) is 0 Å². The Labute approximate surface area is 144 Å². The molecule has 0 spiro atoms. The fourth-order valence-corrected chi connectivity index (χ4v) is 1.96. The predicted octanol–water partition coefficient (Wildman–Crippen LogP) is 3.05. The van der Waals surface area contributed by atoms with Crippen molar-refractivity contribution in [3.8, 4) is 11.5 Å². The van der Waals surface area contributed by atoms with Crippen LogP contribution in [-0.4, -0.2) is 33.6 Å². The monoisotopic (exact) mass is 348 g/mol. The lowest BCUT2D eigenvalue weighted by Gasteiger charge is -2.11. The molecule has 0 aliphatic rings. The Morgan fingerprint density at radius 3 is 2.79 bits per heavy atom. The molecular formula is C17H17ClN2O4. The first-order chi connectivity index (χ1) is 11.4. The SMILES string of the molecule is CC(C)C(O)/N=C/c1cc(Cl)cc(OC(=O)c2cccnc2)c1O. The number of nitrogens with zero attached hydrogens (tertiary/aromatic N) is 2. The van der Waals surface area contributed by atoms with E-state index in [2.05, 4.69) is 9.98 Å². The van der Waals surface area contributed by atoms with Crippen LogP contribution in [0.4, 0.5) is 0 Å². The molecule has 1 unspecified atom stereocenters. The normalized spacial score (nSPS) is 12.5. The minimum absolute atomic E-state index is 0.0783. The Balaban J connectivity index is 2.27. The molecule has 1 aromatic carbocycles. The van der Waals surface area contributed by atoms with E-state index >= 15 is 0 Å². The maximum absolute atomic E-state index is 12.1. The number of ether oxygens (including phenoxy) is 1. The van der Waals surface area contributed by atoms with Gasteiger partial charge in [-0.05, 0) is 24.1 Å². The van der Waals surface area contributed by atoms with Crippen LogP contribution < -0.4 is 4.74 Å². The number of phenols is 1. The number of halogens is 1. The summed E-state index contributed by atoms with van der Waals surface area (Å²) in [5, 5.41) is 20.2. The first kappa shape index (κ1) is 17.9. The summed E-state index contributed by atoms with van der Waals surface area (Å²) in [7, 11) is 0. The average molecular weight is 349 g/mol. The van der Waals surface area contributed by atoms with Crippen LogP contribution in [0.15, 0.2) is 41.7 Å². The Kier molecular flexibility index (Phi) is 5.89. The maximum Gasteiger partial charge on any atom is 0.345 e. The molecule has 0 saturated heterocycles. The third-order valence-corrected chi connectivity index (χ3v) is 3.35. The van der Waals surface area contributed by atoms with Gasteiger partial charge in [-0.15, -0.1) is 0 Å². The van der Waals surface area contributed by atoms with Crippen molar-refractivity contribution in [3.63, 3.8) is 0 Å². The predicted molar refractivity (Wildman–Crippen MR) is 90.8 cm³/mol. The highest BCUT2D eigenvalue weighted by molar-refractivity contribution is 6.31. The number of aliphatic imine (C=N–C) groups is 1. The molecule has 0 amide bonds.